The highest BCUT2D eigenvalue weighted by atomic mass is 79.9. The third-order valence-corrected chi connectivity index (χ3v) is 3.03. The predicted octanol–water partition coefficient (Wildman–Crippen LogP) is 4.69. The van der Waals surface area contributed by atoms with Gasteiger partial charge in [-0.3, -0.25) is 0 Å². The number of benzene rings is 1. The molecule has 1 N–H and O–H groups in total. The number of nitrogens with one attached hydrogen (secondary N) is 1. The van der Waals surface area contributed by atoms with Gasteiger partial charge in [0.2, 0.25) is 0 Å². The van der Waals surface area contributed by atoms with Crippen LogP contribution < -0.4 is 5.32 Å². The maximum absolute atomic E-state index is 11.8. The summed E-state index contributed by atoms with van der Waals surface area (Å²) in [5, 5.41) is 4.30. The lowest BCUT2D eigenvalue weighted by Gasteiger charge is -2.23. The van der Waals surface area contributed by atoms with Crippen LogP contribution in [0.3, 0.4) is 0 Å². The number of ether oxygens (including phenoxy) is 1. The van der Waals surface area contributed by atoms with E-state index in [-0.39, 0.29) is 6.04 Å². The van der Waals surface area contributed by atoms with Gasteiger partial charge in [-0.05, 0) is 44.9 Å². The topological polar surface area (TPSA) is 38.3 Å². The van der Waals surface area contributed by atoms with Gasteiger partial charge in [-0.1, -0.05) is 39.7 Å². The highest BCUT2D eigenvalue weighted by Gasteiger charge is 2.20. The first-order valence-electron chi connectivity index (χ1n) is 6.13. The Balaban J connectivity index is 2.76. The lowest BCUT2D eigenvalue weighted by atomic mass is 10.1. The number of alkyl carbamates (subject to hydrolysis) is 1. The summed E-state index contributed by atoms with van der Waals surface area (Å²) < 4.78 is 5.27. The fourth-order valence-corrected chi connectivity index (χ4v) is 2.26. The molecule has 19 heavy (non-hydrogen) atoms. The van der Waals surface area contributed by atoms with Crippen LogP contribution in [0, 0.1) is 0 Å². The number of halogens is 2. The molecule has 0 unspecified atom stereocenters. The zero-order valence-corrected chi connectivity index (χ0v) is 13.7. The zero-order chi connectivity index (χ0) is 14.5. The minimum absolute atomic E-state index is 0.118. The fraction of sp³-hybridized carbons (Fsp3) is 0.500. The van der Waals surface area contributed by atoms with Crippen molar-refractivity contribution < 1.29 is 9.53 Å². The summed E-state index contributed by atoms with van der Waals surface area (Å²) in [6, 6.07) is 7.36. The van der Waals surface area contributed by atoms with E-state index in [0.717, 1.165) is 17.3 Å². The monoisotopic (exact) mass is 347 g/mol. The molecule has 0 spiro atoms. The van der Waals surface area contributed by atoms with Crippen molar-refractivity contribution in [2.75, 3.05) is 5.33 Å². The lowest BCUT2D eigenvalue weighted by Crippen LogP contribution is -2.35. The van der Waals surface area contributed by atoms with Gasteiger partial charge >= 0.3 is 6.09 Å². The predicted molar refractivity (Wildman–Crippen MR) is 82.0 cm³/mol. The second-order valence-corrected chi connectivity index (χ2v) is 6.46. The van der Waals surface area contributed by atoms with Gasteiger partial charge in [-0.15, -0.1) is 0 Å². The maximum Gasteiger partial charge on any atom is 0.408 e. The van der Waals surface area contributed by atoms with Crippen LogP contribution in [0.15, 0.2) is 24.3 Å². The molecule has 3 nitrogen and oxygen atoms in total. The molecule has 1 aromatic rings. The lowest BCUT2D eigenvalue weighted by molar-refractivity contribution is 0.0502. The van der Waals surface area contributed by atoms with Crippen molar-refractivity contribution >= 4 is 33.6 Å². The number of carbonyl (C=O) groups excluding carboxylic acids is 1. The van der Waals surface area contributed by atoms with Crippen LogP contribution in [0.2, 0.25) is 5.02 Å². The van der Waals surface area contributed by atoms with Crippen LogP contribution in [-0.4, -0.2) is 17.0 Å². The maximum atomic E-state index is 11.8. The number of alkyl halides is 1. The van der Waals surface area contributed by atoms with Gasteiger partial charge in [0, 0.05) is 10.4 Å². The molecule has 0 aliphatic heterocycles. The average molecular weight is 349 g/mol. The molecule has 5 heteroatoms. The zero-order valence-electron chi connectivity index (χ0n) is 11.4. The van der Waals surface area contributed by atoms with Crippen LogP contribution in [-0.2, 0) is 4.74 Å². The van der Waals surface area contributed by atoms with E-state index < -0.39 is 11.7 Å². The summed E-state index contributed by atoms with van der Waals surface area (Å²) in [5.41, 5.74) is 0.468. The summed E-state index contributed by atoms with van der Waals surface area (Å²) in [6.07, 6.45) is 0.345. The van der Waals surface area contributed by atoms with E-state index >= 15 is 0 Å². The smallest absolute Gasteiger partial charge is 0.408 e. The Kier molecular flexibility index (Phi) is 6.14. The Morgan fingerprint density at radius 3 is 2.68 bits per heavy atom. The van der Waals surface area contributed by atoms with Crippen molar-refractivity contribution in [2.24, 2.45) is 0 Å². The normalized spacial score (nSPS) is 12.9. The quantitative estimate of drug-likeness (QED) is 0.802. The second kappa shape index (κ2) is 7.15. The number of rotatable bonds is 4. The molecule has 0 radical (unpaired) electrons. The molecular weight excluding hydrogens is 330 g/mol. The molecule has 0 saturated carbocycles. The first kappa shape index (κ1) is 16.3. The number of amides is 1. The van der Waals surface area contributed by atoms with Crippen LogP contribution in [0.5, 0.6) is 0 Å². The third-order valence-electron chi connectivity index (χ3n) is 2.34. The number of hydrogen-bond donors (Lipinski definition) is 1. The Labute approximate surface area is 127 Å². The van der Waals surface area contributed by atoms with E-state index in [1.54, 1.807) is 0 Å². The van der Waals surface area contributed by atoms with E-state index in [1.807, 2.05) is 45.0 Å². The van der Waals surface area contributed by atoms with Gasteiger partial charge in [0.15, 0.2) is 0 Å². The minimum Gasteiger partial charge on any atom is -0.444 e. The Hall–Kier alpha value is -0.740. The van der Waals surface area contributed by atoms with E-state index in [1.165, 1.54) is 0 Å². The SMILES string of the molecule is CC(C)(C)OC(=O)N[C@@H](CCBr)c1cccc(Cl)c1. The molecule has 0 heterocycles. The van der Waals surface area contributed by atoms with Crippen molar-refractivity contribution in [3.63, 3.8) is 0 Å². The molecule has 0 aliphatic rings. The summed E-state index contributed by atoms with van der Waals surface area (Å²) >= 11 is 9.37. The second-order valence-electron chi connectivity index (χ2n) is 5.23. The molecule has 0 aliphatic carbocycles. The molecule has 1 aromatic carbocycles. The standard InChI is InChI=1S/C14H19BrClNO2/c1-14(2,3)19-13(18)17-12(7-8-15)10-5-4-6-11(16)9-10/h4-6,9,12H,7-8H2,1-3H3,(H,17,18)/t12-/m0/s1. The van der Waals surface area contributed by atoms with Gasteiger partial charge in [-0.2, -0.15) is 0 Å². The largest absolute Gasteiger partial charge is 0.444 e. The summed E-state index contributed by atoms with van der Waals surface area (Å²) in [6.45, 7) is 5.52. The van der Waals surface area contributed by atoms with Gasteiger partial charge in [0.05, 0.1) is 6.04 Å². The summed E-state index contributed by atoms with van der Waals surface area (Å²) in [4.78, 5) is 11.8. The fourth-order valence-electron chi connectivity index (χ4n) is 1.60. The molecule has 0 bridgehead atoms. The number of hydrogen-bond acceptors (Lipinski definition) is 2. The number of carbonyl (C=O) groups is 1. The first-order chi connectivity index (χ1) is 8.81. The molecule has 0 saturated heterocycles. The molecular formula is C14H19BrClNO2. The van der Waals surface area contributed by atoms with Crippen LogP contribution in [0.1, 0.15) is 38.8 Å². The van der Waals surface area contributed by atoms with Crippen molar-refractivity contribution in [2.45, 2.75) is 38.8 Å². The van der Waals surface area contributed by atoms with Crippen LogP contribution in [0.25, 0.3) is 0 Å². The Morgan fingerprint density at radius 2 is 2.16 bits per heavy atom. The molecule has 0 fully saturated rings. The van der Waals surface area contributed by atoms with Crippen molar-refractivity contribution in [1.82, 2.24) is 5.32 Å². The van der Waals surface area contributed by atoms with Gasteiger partial charge in [0.25, 0.3) is 0 Å². The van der Waals surface area contributed by atoms with Gasteiger partial charge < -0.3 is 10.1 Å². The molecule has 1 rings (SSSR count). The van der Waals surface area contributed by atoms with Crippen molar-refractivity contribution in [3.8, 4) is 0 Å². The minimum atomic E-state index is -0.503. The van der Waals surface area contributed by atoms with Crippen molar-refractivity contribution in [3.05, 3.63) is 34.9 Å². The van der Waals surface area contributed by atoms with E-state index in [2.05, 4.69) is 21.2 Å². The van der Waals surface area contributed by atoms with E-state index in [9.17, 15) is 4.79 Å². The van der Waals surface area contributed by atoms with E-state index in [0.29, 0.717) is 5.02 Å². The third kappa shape index (κ3) is 6.30. The van der Waals surface area contributed by atoms with E-state index in [4.69, 9.17) is 16.3 Å². The first-order valence-corrected chi connectivity index (χ1v) is 7.63. The molecule has 1 amide bonds. The van der Waals surface area contributed by atoms with Crippen LogP contribution in [0.4, 0.5) is 4.79 Å². The highest BCUT2D eigenvalue weighted by Crippen LogP contribution is 2.22. The van der Waals surface area contributed by atoms with Crippen LogP contribution >= 0.6 is 27.5 Å². The highest BCUT2D eigenvalue weighted by molar-refractivity contribution is 9.09. The average Bonchev–Trinajstić information content (AvgIpc) is 2.26. The molecule has 0 aromatic heterocycles. The van der Waals surface area contributed by atoms with Crippen molar-refractivity contribution in [1.29, 1.82) is 0 Å². The molecule has 1 atom stereocenters. The summed E-state index contributed by atoms with van der Waals surface area (Å²) in [5.74, 6) is 0. The summed E-state index contributed by atoms with van der Waals surface area (Å²) in [7, 11) is 0. The van der Waals surface area contributed by atoms with Gasteiger partial charge in [-0.25, -0.2) is 4.79 Å². The Morgan fingerprint density at radius 1 is 1.47 bits per heavy atom. The Bertz CT molecular complexity index is 432. The van der Waals surface area contributed by atoms with Gasteiger partial charge in [0.1, 0.15) is 5.60 Å². The molecule has 106 valence electrons.